The van der Waals surface area contributed by atoms with E-state index in [2.05, 4.69) is 14.5 Å². The number of carbonyl (C=O) groups is 1. The van der Waals surface area contributed by atoms with E-state index < -0.39 is 19.2 Å². The van der Waals surface area contributed by atoms with Crippen molar-refractivity contribution in [3.8, 4) is 11.5 Å². The van der Waals surface area contributed by atoms with Crippen molar-refractivity contribution < 1.29 is 36.9 Å². The van der Waals surface area contributed by atoms with Crippen molar-refractivity contribution >= 4 is 28.5 Å². The van der Waals surface area contributed by atoms with E-state index in [0.717, 1.165) is 6.07 Å². The molecule has 0 atom stereocenters. The van der Waals surface area contributed by atoms with E-state index in [1.54, 1.807) is 30.3 Å². The Bertz CT molecular complexity index is 1190. The zero-order chi connectivity index (χ0) is 22.1. The highest BCUT2D eigenvalue weighted by Crippen LogP contribution is 2.39. The number of rotatable bonds is 6. The predicted molar refractivity (Wildman–Crippen MR) is 105 cm³/mol. The van der Waals surface area contributed by atoms with Gasteiger partial charge in [0, 0.05) is 17.0 Å². The molecule has 0 aliphatic heterocycles. The molecule has 3 aromatic rings. The number of carboxylic acids is 1. The SMILES string of the molecule is O=C(O)c1c2c(nc3ccccc13)/C(=C\c1ccc(OC(F)F)cc1OC(F)F)CC2. The molecule has 9 heteroatoms. The number of fused-ring (bicyclic) bond motifs is 2. The molecule has 0 radical (unpaired) electrons. The molecule has 1 N–H and O–H groups in total. The van der Waals surface area contributed by atoms with Crippen molar-refractivity contribution in [1.82, 2.24) is 4.98 Å². The van der Waals surface area contributed by atoms with Crippen molar-refractivity contribution in [2.45, 2.75) is 26.1 Å². The van der Waals surface area contributed by atoms with Gasteiger partial charge in [-0.05, 0) is 48.3 Å². The van der Waals surface area contributed by atoms with Gasteiger partial charge in [-0.3, -0.25) is 0 Å². The van der Waals surface area contributed by atoms with E-state index in [9.17, 15) is 27.5 Å². The molecule has 0 fully saturated rings. The lowest BCUT2D eigenvalue weighted by Crippen LogP contribution is -2.06. The number of carboxylic acid groups (broad SMARTS) is 1. The van der Waals surface area contributed by atoms with Crippen LogP contribution in [0.3, 0.4) is 0 Å². The lowest BCUT2D eigenvalue weighted by atomic mass is 10.0. The van der Waals surface area contributed by atoms with Crippen molar-refractivity contribution in [1.29, 1.82) is 0 Å². The number of aromatic carboxylic acids is 1. The van der Waals surface area contributed by atoms with Gasteiger partial charge in [0.05, 0.1) is 16.8 Å². The fraction of sp³-hybridized carbons (Fsp3) is 0.182. The first kappa shape index (κ1) is 20.6. The minimum Gasteiger partial charge on any atom is -0.478 e. The van der Waals surface area contributed by atoms with E-state index in [-0.39, 0.29) is 22.6 Å². The van der Waals surface area contributed by atoms with Crippen LogP contribution >= 0.6 is 0 Å². The standard InChI is InChI=1S/C22H15F4NO4/c23-21(24)30-13-7-5-11(17(10-13)31-22(25)26)9-12-6-8-15-18(20(28)29)14-3-1-2-4-16(14)27-19(12)15/h1-5,7,9-10,21-22H,6,8H2,(H,28,29)/b12-9-. The Morgan fingerprint density at radius 1 is 1.03 bits per heavy atom. The third kappa shape index (κ3) is 4.16. The van der Waals surface area contributed by atoms with E-state index in [1.807, 2.05) is 0 Å². The maximum Gasteiger partial charge on any atom is 0.387 e. The average Bonchev–Trinajstić information content (AvgIpc) is 3.09. The van der Waals surface area contributed by atoms with E-state index in [1.165, 1.54) is 12.1 Å². The van der Waals surface area contributed by atoms with Crippen LogP contribution in [0.15, 0.2) is 42.5 Å². The molecule has 0 saturated heterocycles. The number of ether oxygens (including phenoxy) is 2. The van der Waals surface area contributed by atoms with Gasteiger partial charge in [-0.15, -0.1) is 0 Å². The van der Waals surface area contributed by atoms with Crippen LogP contribution in [0.25, 0.3) is 22.6 Å². The van der Waals surface area contributed by atoms with Crippen LogP contribution in [0.1, 0.15) is 33.6 Å². The molecule has 160 valence electrons. The van der Waals surface area contributed by atoms with Gasteiger partial charge in [0.25, 0.3) is 0 Å². The number of para-hydroxylation sites is 1. The molecule has 5 nitrogen and oxygen atoms in total. The Labute approximate surface area is 173 Å². The van der Waals surface area contributed by atoms with Gasteiger partial charge in [-0.25, -0.2) is 9.78 Å². The summed E-state index contributed by atoms with van der Waals surface area (Å²) in [6.07, 6.45) is 2.39. The second-order valence-corrected chi connectivity index (χ2v) is 6.76. The van der Waals surface area contributed by atoms with Crippen LogP contribution in [-0.4, -0.2) is 29.3 Å². The normalized spacial score (nSPS) is 14.5. The number of benzene rings is 2. The van der Waals surface area contributed by atoms with Crippen LogP contribution < -0.4 is 9.47 Å². The molecule has 1 aromatic heterocycles. The fourth-order valence-corrected chi connectivity index (χ4v) is 3.72. The third-order valence-corrected chi connectivity index (χ3v) is 4.91. The minimum atomic E-state index is -3.17. The first-order chi connectivity index (χ1) is 14.8. The number of pyridine rings is 1. The molecule has 4 rings (SSSR count). The number of hydrogen-bond acceptors (Lipinski definition) is 4. The number of alkyl halides is 4. The number of allylic oxidation sites excluding steroid dienone is 1. The Balaban J connectivity index is 1.83. The van der Waals surface area contributed by atoms with Gasteiger partial charge >= 0.3 is 19.2 Å². The smallest absolute Gasteiger partial charge is 0.387 e. The highest BCUT2D eigenvalue weighted by Gasteiger charge is 2.27. The Morgan fingerprint density at radius 2 is 1.77 bits per heavy atom. The maximum absolute atomic E-state index is 12.9. The summed E-state index contributed by atoms with van der Waals surface area (Å²) >= 11 is 0. The molecular weight excluding hydrogens is 418 g/mol. The number of halogens is 4. The third-order valence-electron chi connectivity index (χ3n) is 4.91. The summed E-state index contributed by atoms with van der Waals surface area (Å²) in [6.45, 7) is -6.28. The van der Waals surface area contributed by atoms with Gasteiger partial charge < -0.3 is 14.6 Å². The zero-order valence-electron chi connectivity index (χ0n) is 15.8. The number of hydrogen-bond donors (Lipinski definition) is 1. The quantitative estimate of drug-likeness (QED) is 0.511. The number of nitrogens with zero attached hydrogens (tertiary/aromatic N) is 1. The Morgan fingerprint density at radius 3 is 2.48 bits per heavy atom. The van der Waals surface area contributed by atoms with Crippen LogP contribution in [0.4, 0.5) is 17.6 Å². The predicted octanol–water partition coefficient (Wildman–Crippen LogP) is 5.62. The largest absolute Gasteiger partial charge is 0.478 e. The summed E-state index contributed by atoms with van der Waals surface area (Å²) in [7, 11) is 0. The molecule has 1 aliphatic carbocycles. The molecule has 0 unspecified atom stereocenters. The maximum atomic E-state index is 12.9. The number of aromatic nitrogens is 1. The fourth-order valence-electron chi connectivity index (χ4n) is 3.72. The second-order valence-electron chi connectivity index (χ2n) is 6.76. The van der Waals surface area contributed by atoms with Crippen LogP contribution in [0.5, 0.6) is 11.5 Å². The van der Waals surface area contributed by atoms with Crippen molar-refractivity contribution in [2.24, 2.45) is 0 Å². The van der Waals surface area contributed by atoms with Gasteiger partial charge in [0.1, 0.15) is 11.5 Å². The van der Waals surface area contributed by atoms with E-state index in [4.69, 9.17) is 0 Å². The summed E-state index contributed by atoms with van der Waals surface area (Å²) in [5.41, 5.74) is 2.52. The van der Waals surface area contributed by atoms with E-state index in [0.29, 0.717) is 40.6 Å². The molecule has 1 heterocycles. The minimum absolute atomic E-state index is 0.161. The molecule has 2 aromatic carbocycles. The first-order valence-electron chi connectivity index (χ1n) is 9.23. The second kappa shape index (κ2) is 8.25. The molecule has 0 spiro atoms. The van der Waals surface area contributed by atoms with Gasteiger partial charge in [0.15, 0.2) is 0 Å². The van der Waals surface area contributed by atoms with Crippen molar-refractivity contribution in [2.75, 3.05) is 0 Å². The summed E-state index contributed by atoms with van der Waals surface area (Å²) in [5, 5.41) is 10.3. The van der Waals surface area contributed by atoms with Gasteiger partial charge in [0.2, 0.25) is 0 Å². The molecule has 0 amide bonds. The molecule has 0 bridgehead atoms. The molecule has 31 heavy (non-hydrogen) atoms. The Hall–Kier alpha value is -3.62. The zero-order valence-corrected chi connectivity index (χ0v) is 15.8. The van der Waals surface area contributed by atoms with Crippen LogP contribution in [0.2, 0.25) is 0 Å². The van der Waals surface area contributed by atoms with Crippen LogP contribution in [0, 0.1) is 0 Å². The highest BCUT2D eigenvalue weighted by molar-refractivity contribution is 6.06. The monoisotopic (exact) mass is 433 g/mol. The van der Waals surface area contributed by atoms with Crippen molar-refractivity contribution in [3.63, 3.8) is 0 Å². The lowest BCUT2D eigenvalue weighted by Gasteiger charge is -2.12. The summed E-state index contributed by atoms with van der Waals surface area (Å²) in [5.74, 6) is -1.74. The Kier molecular flexibility index (Phi) is 5.50. The topological polar surface area (TPSA) is 68.7 Å². The first-order valence-corrected chi connectivity index (χ1v) is 9.23. The van der Waals surface area contributed by atoms with Crippen molar-refractivity contribution in [3.05, 3.63) is 64.8 Å². The highest BCUT2D eigenvalue weighted by atomic mass is 19.3. The van der Waals surface area contributed by atoms with E-state index >= 15 is 0 Å². The molecular formula is C22H15F4NO4. The van der Waals surface area contributed by atoms with Crippen LogP contribution in [-0.2, 0) is 6.42 Å². The summed E-state index contributed by atoms with van der Waals surface area (Å²) < 4.78 is 59.4. The van der Waals surface area contributed by atoms with Gasteiger partial charge in [-0.2, -0.15) is 17.6 Å². The lowest BCUT2D eigenvalue weighted by molar-refractivity contribution is -0.0543. The summed E-state index contributed by atoms with van der Waals surface area (Å²) in [6, 6.07) is 10.3. The summed E-state index contributed by atoms with van der Waals surface area (Å²) in [4.78, 5) is 16.5. The molecule has 0 saturated carbocycles. The molecule has 1 aliphatic rings. The van der Waals surface area contributed by atoms with Gasteiger partial charge in [-0.1, -0.05) is 18.2 Å². The average molecular weight is 433 g/mol.